The van der Waals surface area contributed by atoms with Gasteiger partial charge in [0.1, 0.15) is 0 Å². The third-order valence-electron chi connectivity index (χ3n) is 8.41. The van der Waals surface area contributed by atoms with Crippen molar-refractivity contribution in [3.63, 3.8) is 0 Å². The van der Waals surface area contributed by atoms with Gasteiger partial charge in [0.2, 0.25) is 12.7 Å². The second-order valence-electron chi connectivity index (χ2n) is 11.0. The number of fused-ring (bicyclic) bond motifs is 1. The summed E-state index contributed by atoms with van der Waals surface area (Å²) in [6.07, 6.45) is 2.15. The summed E-state index contributed by atoms with van der Waals surface area (Å²) in [5, 5.41) is 20.6. The molecule has 1 amide bonds. The molecule has 1 fully saturated rings. The number of aliphatic hydroxyl groups excluding tert-OH is 1. The van der Waals surface area contributed by atoms with Crippen LogP contribution in [0.3, 0.4) is 0 Å². The minimum atomic E-state index is -0.919. The number of carboxylic acid groups (broad SMARTS) is 1. The molecule has 1 saturated heterocycles. The van der Waals surface area contributed by atoms with Crippen LogP contribution in [0.15, 0.2) is 66.7 Å². The first-order chi connectivity index (χ1) is 20.4. The maximum Gasteiger partial charge on any atom is 0.308 e. The molecule has 0 spiro atoms. The molecule has 3 aromatic rings. The number of benzene rings is 3. The van der Waals surface area contributed by atoms with Crippen LogP contribution in [0.5, 0.6) is 11.5 Å². The molecule has 2 aliphatic heterocycles. The van der Waals surface area contributed by atoms with Crippen molar-refractivity contribution in [2.75, 3.05) is 31.3 Å². The normalized spacial score (nSPS) is 19.6. The zero-order valence-corrected chi connectivity index (χ0v) is 23.9. The zero-order valence-electron chi connectivity index (χ0n) is 23.9. The van der Waals surface area contributed by atoms with E-state index >= 15 is 0 Å². The van der Waals surface area contributed by atoms with Gasteiger partial charge in [-0.2, -0.15) is 0 Å². The van der Waals surface area contributed by atoms with E-state index in [1.54, 1.807) is 4.90 Å². The minimum absolute atomic E-state index is 0.0629. The molecule has 0 aliphatic carbocycles. The van der Waals surface area contributed by atoms with Crippen molar-refractivity contribution in [3.8, 4) is 11.5 Å². The smallest absolute Gasteiger partial charge is 0.308 e. The maximum atomic E-state index is 14.0. The molecular weight excluding hydrogens is 534 g/mol. The Kier molecular flexibility index (Phi) is 9.41. The lowest BCUT2D eigenvalue weighted by molar-refractivity contribution is -0.143. The highest BCUT2D eigenvalue weighted by Gasteiger charge is 2.47. The average molecular weight is 574 g/mol. The molecule has 0 aromatic heterocycles. The first-order valence-electron chi connectivity index (χ1n) is 14.6. The molecule has 3 aromatic carbocycles. The molecule has 9 nitrogen and oxygen atoms in total. The SMILES string of the molecule is CCCCN(C(=O)CN1C[C@H](c2ccc3c(c2)OCO3)[C@@H](C(=O)O)[C@@H]1Cc1ccccc1CO)c1cccc(CN)c1. The fourth-order valence-electron chi connectivity index (χ4n) is 6.19. The lowest BCUT2D eigenvalue weighted by atomic mass is 9.82. The van der Waals surface area contributed by atoms with Gasteiger partial charge in [0.15, 0.2) is 11.5 Å². The Morgan fingerprint density at radius 3 is 2.55 bits per heavy atom. The number of likely N-dealkylation sites (tertiary alicyclic amines) is 1. The van der Waals surface area contributed by atoms with Gasteiger partial charge in [0.05, 0.1) is 19.1 Å². The Bertz CT molecular complexity index is 1410. The highest BCUT2D eigenvalue weighted by molar-refractivity contribution is 5.95. The first kappa shape index (κ1) is 29.6. The molecule has 222 valence electrons. The van der Waals surface area contributed by atoms with Crippen molar-refractivity contribution in [2.45, 2.75) is 51.3 Å². The first-order valence-corrected chi connectivity index (χ1v) is 14.6. The van der Waals surface area contributed by atoms with Crippen LogP contribution < -0.4 is 20.1 Å². The number of ether oxygens (including phenoxy) is 2. The number of unbranched alkanes of at least 4 members (excludes halogenated alkanes) is 1. The molecule has 2 heterocycles. The summed E-state index contributed by atoms with van der Waals surface area (Å²) >= 11 is 0. The zero-order chi connectivity index (χ0) is 29.6. The summed E-state index contributed by atoms with van der Waals surface area (Å²) in [6, 6.07) is 20.3. The lowest BCUT2D eigenvalue weighted by Gasteiger charge is -2.30. The number of carbonyl (C=O) groups is 2. The van der Waals surface area contributed by atoms with Gasteiger partial charge in [-0.3, -0.25) is 14.5 Å². The van der Waals surface area contributed by atoms with E-state index in [9.17, 15) is 19.8 Å². The Morgan fingerprint density at radius 2 is 1.81 bits per heavy atom. The summed E-state index contributed by atoms with van der Waals surface area (Å²) in [5.74, 6) is -0.935. The molecule has 42 heavy (non-hydrogen) atoms. The predicted octanol–water partition coefficient (Wildman–Crippen LogP) is 3.91. The van der Waals surface area contributed by atoms with Gasteiger partial charge in [-0.05, 0) is 59.4 Å². The molecule has 9 heteroatoms. The fraction of sp³-hybridized carbons (Fsp3) is 0.394. The topological polar surface area (TPSA) is 126 Å². The van der Waals surface area contributed by atoms with Crippen LogP contribution in [0.4, 0.5) is 5.69 Å². The number of carboxylic acids is 1. The summed E-state index contributed by atoms with van der Waals surface area (Å²) in [6.45, 7) is 3.45. The molecule has 0 bridgehead atoms. The van der Waals surface area contributed by atoms with E-state index in [1.165, 1.54) is 0 Å². The number of nitrogens with two attached hydrogens (primary N) is 1. The number of amides is 1. The van der Waals surface area contributed by atoms with Crippen LogP contribution in [0.1, 0.15) is 47.9 Å². The number of aliphatic carboxylic acids is 1. The average Bonchev–Trinajstić information content (AvgIpc) is 3.62. The van der Waals surface area contributed by atoms with E-state index in [1.807, 2.05) is 71.6 Å². The summed E-state index contributed by atoms with van der Waals surface area (Å²) < 4.78 is 11.1. The summed E-state index contributed by atoms with van der Waals surface area (Å²) in [7, 11) is 0. The van der Waals surface area contributed by atoms with Crippen LogP contribution in [-0.4, -0.2) is 59.5 Å². The van der Waals surface area contributed by atoms with Crippen LogP contribution in [0, 0.1) is 5.92 Å². The molecule has 3 atom stereocenters. The van der Waals surface area contributed by atoms with Crippen LogP contribution in [-0.2, 0) is 29.2 Å². The van der Waals surface area contributed by atoms with Gasteiger partial charge in [-0.25, -0.2) is 0 Å². The number of aliphatic hydroxyl groups is 1. The second kappa shape index (κ2) is 13.4. The second-order valence-corrected chi connectivity index (χ2v) is 11.0. The summed E-state index contributed by atoms with van der Waals surface area (Å²) in [4.78, 5) is 30.8. The van der Waals surface area contributed by atoms with Crippen molar-refractivity contribution < 1.29 is 29.3 Å². The predicted molar refractivity (Wildman–Crippen MR) is 159 cm³/mol. The van der Waals surface area contributed by atoms with Crippen molar-refractivity contribution in [1.82, 2.24) is 4.90 Å². The number of carbonyl (C=O) groups excluding carboxylic acids is 1. The van der Waals surface area contributed by atoms with Gasteiger partial charge in [-0.1, -0.05) is 55.8 Å². The largest absolute Gasteiger partial charge is 0.481 e. The molecule has 2 aliphatic rings. The van der Waals surface area contributed by atoms with Crippen LogP contribution in [0.2, 0.25) is 0 Å². The van der Waals surface area contributed by atoms with Crippen molar-refractivity contribution in [2.24, 2.45) is 11.7 Å². The highest BCUT2D eigenvalue weighted by Crippen LogP contribution is 2.43. The monoisotopic (exact) mass is 573 g/mol. The number of hydrogen-bond donors (Lipinski definition) is 3. The Balaban J connectivity index is 1.49. The fourth-order valence-corrected chi connectivity index (χ4v) is 6.19. The molecule has 4 N–H and O–H groups in total. The van der Waals surface area contributed by atoms with Crippen molar-refractivity contribution in [3.05, 3.63) is 89.0 Å². The quantitative estimate of drug-likeness (QED) is 0.298. The van der Waals surface area contributed by atoms with E-state index in [-0.39, 0.29) is 31.8 Å². The van der Waals surface area contributed by atoms with Gasteiger partial charge in [0, 0.05) is 37.3 Å². The highest BCUT2D eigenvalue weighted by atomic mass is 16.7. The van der Waals surface area contributed by atoms with E-state index in [4.69, 9.17) is 15.2 Å². The lowest BCUT2D eigenvalue weighted by Crippen LogP contribution is -2.45. The standard InChI is InChI=1S/C33H39N3O6/c1-2-3-13-36(26-10-6-7-22(14-26)17-34)31(38)19-35-18-27(24-11-12-29-30(16-24)42-21-41-29)32(33(39)40)28(35)15-23-8-4-5-9-25(23)20-37/h4-12,14,16,27-28,32,37H,2-3,13,15,17-21,34H2,1H3,(H,39,40)/t27-,28+,32-/m1/s1. The van der Waals surface area contributed by atoms with E-state index in [0.29, 0.717) is 37.6 Å². The Labute approximate surface area is 246 Å². The molecule has 5 rings (SSSR count). The number of hydrogen-bond acceptors (Lipinski definition) is 7. The number of anilines is 1. The van der Waals surface area contributed by atoms with Crippen molar-refractivity contribution in [1.29, 1.82) is 0 Å². The van der Waals surface area contributed by atoms with Crippen LogP contribution in [0.25, 0.3) is 0 Å². The molecule has 0 saturated carbocycles. The third kappa shape index (κ3) is 6.28. The molecule has 0 radical (unpaired) electrons. The Morgan fingerprint density at radius 1 is 1.02 bits per heavy atom. The van der Waals surface area contributed by atoms with E-state index < -0.39 is 17.9 Å². The van der Waals surface area contributed by atoms with E-state index in [2.05, 4.69) is 6.92 Å². The number of rotatable bonds is 12. The minimum Gasteiger partial charge on any atom is -0.481 e. The summed E-state index contributed by atoms with van der Waals surface area (Å²) in [5.41, 5.74) is 10.1. The molecular formula is C33H39N3O6. The number of nitrogens with zero attached hydrogens (tertiary/aromatic N) is 2. The van der Waals surface area contributed by atoms with Gasteiger partial charge in [-0.15, -0.1) is 0 Å². The van der Waals surface area contributed by atoms with E-state index in [0.717, 1.165) is 40.8 Å². The third-order valence-corrected chi connectivity index (χ3v) is 8.41. The van der Waals surface area contributed by atoms with Gasteiger partial charge >= 0.3 is 5.97 Å². The maximum absolute atomic E-state index is 14.0. The van der Waals surface area contributed by atoms with Crippen molar-refractivity contribution >= 4 is 17.6 Å². The van der Waals surface area contributed by atoms with Gasteiger partial charge < -0.3 is 30.3 Å². The molecule has 0 unspecified atom stereocenters. The van der Waals surface area contributed by atoms with Crippen LogP contribution >= 0.6 is 0 Å². The van der Waals surface area contributed by atoms with Gasteiger partial charge in [0.25, 0.3) is 0 Å². The Hall–Kier alpha value is -3.92.